The van der Waals surface area contributed by atoms with Gasteiger partial charge in [-0.3, -0.25) is 4.98 Å². The van der Waals surface area contributed by atoms with Gasteiger partial charge in [0, 0.05) is 29.5 Å². The van der Waals surface area contributed by atoms with Gasteiger partial charge >= 0.3 is 6.03 Å². The van der Waals surface area contributed by atoms with Crippen molar-refractivity contribution in [2.24, 2.45) is 5.92 Å². The van der Waals surface area contributed by atoms with Crippen molar-refractivity contribution in [2.45, 2.75) is 45.2 Å². The Hall–Kier alpha value is -2.43. The number of anilines is 1. The van der Waals surface area contributed by atoms with Gasteiger partial charge in [0.15, 0.2) is 0 Å². The van der Waals surface area contributed by atoms with Gasteiger partial charge in [-0.25, -0.2) is 9.18 Å². The van der Waals surface area contributed by atoms with Gasteiger partial charge in [-0.1, -0.05) is 13.0 Å². The van der Waals surface area contributed by atoms with E-state index in [-0.39, 0.29) is 11.8 Å². The molecule has 2 atom stereocenters. The first-order valence-corrected chi connectivity index (χ1v) is 8.82. The summed E-state index contributed by atoms with van der Waals surface area (Å²) in [5, 5.41) is 3.01. The molecule has 4 nitrogen and oxygen atoms in total. The van der Waals surface area contributed by atoms with E-state index in [0.29, 0.717) is 23.6 Å². The van der Waals surface area contributed by atoms with Crippen LogP contribution in [-0.4, -0.2) is 28.0 Å². The molecule has 2 saturated heterocycles. The predicted octanol–water partition coefficient (Wildman–Crippen LogP) is 4.60. The van der Waals surface area contributed by atoms with Gasteiger partial charge < -0.3 is 10.2 Å². The molecule has 0 saturated carbocycles. The Morgan fingerprint density at radius 3 is 2.68 bits per heavy atom. The topological polar surface area (TPSA) is 45.2 Å². The van der Waals surface area contributed by atoms with Gasteiger partial charge in [0.25, 0.3) is 0 Å². The van der Waals surface area contributed by atoms with Crippen LogP contribution >= 0.6 is 0 Å². The van der Waals surface area contributed by atoms with Crippen LogP contribution in [0.25, 0.3) is 11.1 Å². The maximum absolute atomic E-state index is 13.5. The summed E-state index contributed by atoms with van der Waals surface area (Å²) in [4.78, 5) is 18.6. The third-order valence-corrected chi connectivity index (χ3v) is 5.42. The highest BCUT2D eigenvalue weighted by Gasteiger charge is 2.46. The summed E-state index contributed by atoms with van der Waals surface area (Å²) >= 11 is 0. The minimum absolute atomic E-state index is 0.0275. The van der Waals surface area contributed by atoms with Crippen molar-refractivity contribution in [3.63, 3.8) is 0 Å². The summed E-state index contributed by atoms with van der Waals surface area (Å²) in [6, 6.07) is 7.91. The molecule has 2 aliphatic heterocycles. The first kappa shape index (κ1) is 16.1. The monoisotopic (exact) mass is 339 g/mol. The molecule has 130 valence electrons. The van der Waals surface area contributed by atoms with Crippen LogP contribution in [0.4, 0.5) is 14.9 Å². The fraction of sp³-hybridized carbons (Fsp3) is 0.400. The summed E-state index contributed by atoms with van der Waals surface area (Å²) in [7, 11) is 0. The van der Waals surface area contributed by atoms with Crippen LogP contribution in [0.3, 0.4) is 0 Å². The number of pyridine rings is 1. The van der Waals surface area contributed by atoms with E-state index < -0.39 is 0 Å². The fourth-order valence-corrected chi connectivity index (χ4v) is 4.24. The molecule has 25 heavy (non-hydrogen) atoms. The van der Waals surface area contributed by atoms with Crippen molar-refractivity contribution in [1.82, 2.24) is 9.88 Å². The first-order valence-electron chi connectivity index (χ1n) is 8.82. The maximum atomic E-state index is 13.5. The summed E-state index contributed by atoms with van der Waals surface area (Å²) in [6.45, 7) is 4.22. The highest BCUT2D eigenvalue weighted by Crippen LogP contribution is 2.41. The van der Waals surface area contributed by atoms with Gasteiger partial charge in [-0.2, -0.15) is 0 Å². The Bertz CT molecular complexity index is 810. The van der Waals surface area contributed by atoms with E-state index in [2.05, 4.69) is 17.2 Å². The number of halogens is 1. The number of piperidine rings is 1. The van der Waals surface area contributed by atoms with E-state index in [0.717, 1.165) is 36.1 Å². The third-order valence-electron chi connectivity index (χ3n) is 5.42. The standard InChI is InChI=1S/C20H22FN3O/c1-12-5-17-9-18(6-12)24(17)20(25)23-16-4-3-13(2)19(8-16)14-7-15(21)11-22-10-14/h3-4,7-8,10-12,17-18H,5-6,9H2,1-2H3,(H,23,25). The lowest BCUT2D eigenvalue weighted by Crippen LogP contribution is -2.63. The van der Waals surface area contributed by atoms with Crippen LogP contribution in [0.15, 0.2) is 36.7 Å². The predicted molar refractivity (Wildman–Crippen MR) is 95.8 cm³/mol. The molecular formula is C20H22FN3O. The maximum Gasteiger partial charge on any atom is 0.322 e. The number of rotatable bonds is 2. The summed E-state index contributed by atoms with van der Waals surface area (Å²) in [6.07, 6.45) is 6.15. The molecule has 2 unspecified atom stereocenters. The average molecular weight is 339 g/mol. The van der Waals surface area contributed by atoms with Crippen LogP contribution in [0.5, 0.6) is 0 Å². The number of hydrogen-bond donors (Lipinski definition) is 1. The minimum atomic E-state index is -0.367. The zero-order valence-electron chi connectivity index (χ0n) is 14.5. The third kappa shape index (κ3) is 2.99. The number of fused-ring (bicyclic) bond motifs is 2. The number of aromatic nitrogens is 1. The fourth-order valence-electron chi connectivity index (χ4n) is 4.24. The number of hydrogen-bond acceptors (Lipinski definition) is 2. The number of aryl methyl sites for hydroxylation is 1. The zero-order chi connectivity index (χ0) is 17.6. The molecule has 3 heterocycles. The number of nitrogens with one attached hydrogen (secondary N) is 1. The second-order valence-electron chi connectivity index (χ2n) is 7.38. The number of benzene rings is 1. The molecule has 1 N–H and O–H groups in total. The molecule has 0 aliphatic carbocycles. The highest BCUT2D eigenvalue weighted by molar-refractivity contribution is 5.91. The van der Waals surface area contributed by atoms with Crippen LogP contribution in [0, 0.1) is 18.7 Å². The van der Waals surface area contributed by atoms with Crippen molar-refractivity contribution in [3.05, 3.63) is 48.0 Å². The number of amides is 2. The molecule has 2 bridgehead atoms. The van der Waals surface area contributed by atoms with E-state index in [4.69, 9.17) is 0 Å². The lowest BCUT2D eigenvalue weighted by atomic mass is 9.74. The molecule has 2 amide bonds. The zero-order valence-corrected chi connectivity index (χ0v) is 14.5. The molecule has 2 fully saturated rings. The lowest BCUT2D eigenvalue weighted by molar-refractivity contribution is -0.00600. The molecule has 2 aliphatic rings. The van der Waals surface area contributed by atoms with Crippen molar-refractivity contribution < 1.29 is 9.18 Å². The second-order valence-corrected chi connectivity index (χ2v) is 7.38. The van der Waals surface area contributed by atoms with E-state index in [1.165, 1.54) is 12.3 Å². The van der Waals surface area contributed by atoms with E-state index >= 15 is 0 Å². The van der Waals surface area contributed by atoms with Crippen molar-refractivity contribution in [2.75, 3.05) is 5.32 Å². The Balaban J connectivity index is 1.54. The van der Waals surface area contributed by atoms with Crippen LogP contribution in [0.2, 0.25) is 0 Å². The average Bonchev–Trinajstić information content (AvgIpc) is 2.56. The number of carbonyl (C=O) groups excluding carboxylic acids is 1. The Labute approximate surface area is 147 Å². The smallest absolute Gasteiger partial charge is 0.318 e. The number of urea groups is 1. The molecule has 5 heteroatoms. The second kappa shape index (κ2) is 6.14. The number of nitrogens with zero attached hydrogens (tertiary/aromatic N) is 2. The molecule has 2 aromatic rings. The lowest BCUT2D eigenvalue weighted by Gasteiger charge is -2.54. The summed E-state index contributed by atoms with van der Waals surface area (Å²) < 4.78 is 13.5. The Morgan fingerprint density at radius 1 is 1.20 bits per heavy atom. The summed E-state index contributed by atoms with van der Waals surface area (Å²) in [5.74, 6) is 0.341. The molecular weight excluding hydrogens is 317 g/mol. The molecule has 4 rings (SSSR count). The SMILES string of the molecule is Cc1ccc(NC(=O)N2C3CC(C)CC2C3)cc1-c1cncc(F)c1. The van der Waals surface area contributed by atoms with Crippen LogP contribution in [0.1, 0.15) is 31.7 Å². The minimum Gasteiger partial charge on any atom is -0.318 e. The molecule has 0 radical (unpaired) electrons. The van der Waals surface area contributed by atoms with Crippen molar-refractivity contribution in [1.29, 1.82) is 0 Å². The Morgan fingerprint density at radius 2 is 1.96 bits per heavy atom. The molecule has 1 aromatic carbocycles. The van der Waals surface area contributed by atoms with E-state index in [9.17, 15) is 9.18 Å². The van der Waals surface area contributed by atoms with Gasteiger partial charge in [0.2, 0.25) is 0 Å². The first-order chi connectivity index (χ1) is 12.0. The van der Waals surface area contributed by atoms with E-state index in [1.807, 2.05) is 30.0 Å². The van der Waals surface area contributed by atoms with Gasteiger partial charge in [0.05, 0.1) is 6.20 Å². The quantitative estimate of drug-likeness (QED) is 0.869. The van der Waals surface area contributed by atoms with Gasteiger partial charge in [-0.05, 0) is 61.4 Å². The van der Waals surface area contributed by atoms with Gasteiger partial charge in [0.1, 0.15) is 5.82 Å². The van der Waals surface area contributed by atoms with Crippen LogP contribution in [-0.2, 0) is 0 Å². The molecule has 0 spiro atoms. The number of carbonyl (C=O) groups is 1. The summed E-state index contributed by atoms with van der Waals surface area (Å²) in [5.41, 5.74) is 3.33. The van der Waals surface area contributed by atoms with Crippen molar-refractivity contribution in [3.8, 4) is 11.1 Å². The van der Waals surface area contributed by atoms with Crippen LogP contribution < -0.4 is 5.32 Å². The van der Waals surface area contributed by atoms with E-state index in [1.54, 1.807) is 6.20 Å². The molecule has 1 aromatic heterocycles. The van der Waals surface area contributed by atoms with Gasteiger partial charge in [-0.15, -0.1) is 0 Å². The normalized spacial score (nSPS) is 24.6. The van der Waals surface area contributed by atoms with Crippen molar-refractivity contribution >= 4 is 11.7 Å². The Kier molecular flexibility index (Phi) is 3.94. The largest absolute Gasteiger partial charge is 0.322 e. The highest BCUT2D eigenvalue weighted by atomic mass is 19.1.